The van der Waals surface area contributed by atoms with Gasteiger partial charge in [-0.15, -0.1) is 0 Å². The van der Waals surface area contributed by atoms with E-state index in [-0.39, 0.29) is 42.9 Å². The van der Waals surface area contributed by atoms with Crippen LogP contribution in [0.2, 0.25) is 0 Å². The molecule has 7 rings (SSSR count). The highest BCUT2D eigenvalue weighted by atomic mass is 32.2. The number of hydrogen-bond acceptors (Lipinski definition) is 11. The van der Waals surface area contributed by atoms with Crippen LogP contribution in [0.25, 0.3) is 11.0 Å². The number of rotatable bonds is 8. The molecule has 1 saturated heterocycles. The Morgan fingerprint density at radius 2 is 1.96 bits per heavy atom. The maximum atomic E-state index is 14.7. The Bertz CT molecular complexity index is 2090. The molecule has 3 fully saturated rings. The first-order chi connectivity index (χ1) is 25.4. The quantitative estimate of drug-likeness (QED) is 0.286. The normalized spacial score (nSPS) is 27.1. The van der Waals surface area contributed by atoms with Gasteiger partial charge in [-0.1, -0.05) is 43.1 Å². The van der Waals surface area contributed by atoms with Crippen molar-refractivity contribution in [3.63, 3.8) is 0 Å². The van der Waals surface area contributed by atoms with Crippen LogP contribution in [0.4, 0.5) is 4.39 Å². The Morgan fingerprint density at radius 3 is 2.72 bits per heavy atom. The number of benzene rings is 1. The Hall–Kier alpha value is -4.93. The van der Waals surface area contributed by atoms with E-state index in [9.17, 15) is 32.0 Å². The summed E-state index contributed by atoms with van der Waals surface area (Å²) in [5.74, 6) is -3.20. The number of para-hydroxylation sites is 1. The third-order valence-corrected chi connectivity index (χ3v) is 12.2. The van der Waals surface area contributed by atoms with E-state index < -0.39 is 74.4 Å². The zero-order chi connectivity index (χ0) is 37.5. The maximum Gasteiger partial charge on any atom is 0.274 e. The monoisotopic (exact) mass is 751 g/mol. The van der Waals surface area contributed by atoms with Crippen LogP contribution in [0.5, 0.6) is 5.88 Å². The topological polar surface area (TPSA) is 203 Å². The van der Waals surface area contributed by atoms with Gasteiger partial charge >= 0.3 is 0 Å². The van der Waals surface area contributed by atoms with E-state index in [1.165, 1.54) is 23.1 Å². The van der Waals surface area contributed by atoms with Crippen LogP contribution in [0.15, 0.2) is 40.9 Å². The van der Waals surface area contributed by atoms with Crippen molar-refractivity contribution < 1.29 is 41.2 Å². The van der Waals surface area contributed by atoms with E-state index in [4.69, 9.17) is 9.26 Å². The van der Waals surface area contributed by atoms with Crippen LogP contribution in [0.1, 0.15) is 86.7 Å². The van der Waals surface area contributed by atoms with E-state index in [1.54, 1.807) is 13.0 Å². The third kappa shape index (κ3) is 7.61. The molecule has 282 valence electrons. The fourth-order valence-corrected chi connectivity index (χ4v) is 8.42. The summed E-state index contributed by atoms with van der Waals surface area (Å²) < 4.78 is 53.9. The lowest BCUT2D eigenvalue weighted by Gasteiger charge is -2.29. The highest BCUT2D eigenvalue weighted by Gasteiger charge is 2.62. The summed E-state index contributed by atoms with van der Waals surface area (Å²) in [6.45, 7) is 3.39. The van der Waals surface area contributed by atoms with Gasteiger partial charge in [0.15, 0.2) is 11.5 Å². The number of fused-ring (bicyclic) bond motifs is 3. The number of ether oxygens (including phenoxy) is 1. The van der Waals surface area contributed by atoms with Crippen molar-refractivity contribution in [2.45, 2.75) is 107 Å². The molecule has 17 heteroatoms. The molecule has 0 bridgehead atoms. The number of allylic oxidation sites excluding steroid dienone is 1. The summed E-state index contributed by atoms with van der Waals surface area (Å²) in [7, 11) is -3.92. The molecule has 2 aliphatic carbocycles. The maximum absolute atomic E-state index is 14.7. The molecule has 2 aliphatic heterocycles. The zero-order valence-corrected chi connectivity index (χ0v) is 30.3. The van der Waals surface area contributed by atoms with E-state index >= 15 is 0 Å². The van der Waals surface area contributed by atoms with Crippen molar-refractivity contribution >= 4 is 44.7 Å². The number of aromatic nitrogens is 3. The highest BCUT2D eigenvalue weighted by molar-refractivity contribution is 7.91. The van der Waals surface area contributed by atoms with Gasteiger partial charge in [-0.2, -0.15) is 0 Å². The summed E-state index contributed by atoms with van der Waals surface area (Å²) in [6, 6.07) is 3.67. The second-order valence-electron chi connectivity index (χ2n) is 14.3. The third-order valence-electron chi connectivity index (χ3n) is 10.3. The molecule has 2 aromatic heterocycles. The van der Waals surface area contributed by atoms with Crippen molar-refractivity contribution in [3.05, 3.63) is 59.4 Å². The molecule has 4 heterocycles. The summed E-state index contributed by atoms with van der Waals surface area (Å²) in [5.41, 5.74) is -0.829. The molecule has 4 aliphatic rings. The van der Waals surface area contributed by atoms with Gasteiger partial charge in [-0.05, 0) is 57.6 Å². The fraction of sp³-hybridized carbons (Fsp3) is 0.528. The van der Waals surface area contributed by atoms with Gasteiger partial charge < -0.3 is 24.8 Å². The SMILES string of the molecule is CCc1cc(C(=O)N[C@H]2CCCCC/C=C\C3C[C@@]3(C(=O)NS(=O)(=O)C3CC3)NC(=O)[C@@H]3C[C@@H](Oc4nc5c(F)cccc5nc4C)CN3C2=O)no1. The summed E-state index contributed by atoms with van der Waals surface area (Å²) in [5, 5.41) is 8.81. The largest absolute Gasteiger partial charge is 0.471 e. The summed E-state index contributed by atoms with van der Waals surface area (Å²) in [6.07, 6.45) is 7.50. The Kier molecular flexibility index (Phi) is 9.95. The summed E-state index contributed by atoms with van der Waals surface area (Å²) >= 11 is 0. The molecule has 0 radical (unpaired) electrons. The molecule has 2 saturated carbocycles. The van der Waals surface area contributed by atoms with Gasteiger partial charge in [0.25, 0.3) is 11.8 Å². The number of carbonyl (C=O) groups is 4. The lowest BCUT2D eigenvalue weighted by Crippen LogP contribution is -2.58. The first kappa shape index (κ1) is 36.4. The Balaban J connectivity index is 1.19. The van der Waals surface area contributed by atoms with Crippen molar-refractivity contribution in [1.29, 1.82) is 0 Å². The molecular weight excluding hydrogens is 710 g/mol. The first-order valence-corrected chi connectivity index (χ1v) is 19.6. The number of nitrogens with one attached hydrogen (secondary N) is 3. The second-order valence-corrected chi connectivity index (χ2v) is 16.2. The molecule has 3 aromatic rings. The Morgan fingerprint density at radius 1 is 1.15 bits per heavy atom. The predicted octanol–water partition coefficient (Wildman–Crippen LogP) is 2.78. The average Bonchev–Trinajstić information content (AvgIpc) is 4.00. The minimum absolute atomic E-state index is 0.00133. The van der Waals surface area contributed by atoms with E-state index in [0.29, 0.717) is 49.1 Å². The lowest BCUT2D eigenvalue weighted by molar-refractivity contribution is -0.141. The molecule has 3 N–H and O–H groups in total. The zero-order valence-electron chi connectivity index (χ0n) is 29.5. The van der Waals surface area contributed by atoms with Crippen molar-refractivity contribution in [3.8, 4) is 5.88 Å². The number of hydrogen-bond donors (Lipinski definition) is 3. The van der Waals surface area contributed by atoms with E-state index in [1.807, 2.05) is 19.1 Å². The number of carbonyl (C=O) groups excluding carboxylic acids is 4. The van der Waals surface area contributed by atoms with Crippen molar-refractivity contribution in [1.82, 2.24) is 35.4 Å². The molecule has 5 atom stereocenters. The minimum Gasteiger partial charge on any atom is -0.471 e. The number of halogens is 1. The molecule has 4 amide bonds. The molecule has 1 aromatic carbocycles. The standard InChI is InChI=1S/C36H42FN7O8S/c1-3-22-16-28(42-52-22)31(45)39-27-12-8-6-4-5-7-10-21-18-36(21,35(48)43-53(49,50)24-14-15-24)41-32(46)29-17-23(19-44(29)34(27)47)51-33-20(2)38-26-13-9-11-25(37)30(26)40-33/h7,9-11,13,16,21,23-24,27,29H,3-6,8,12,14-15,17-19H2,1-2H3,(H,39,45)(H,41,46)(H,43,48)/b10-7-/t21?,23-,27+,29+,36-/m1/s1. The van der Waals surface area contributed by atoms with E-state index in [2.05, 4.69) is 30.5 Å². The first-order valence-electron chi connectivity index (χ1n) is 18.1. The van der Waals surface area contributed by atoms with Crippen molar-refractivity contribution in [2.24, 2.45) is 5.92 Å². The molecule has 0 spiro atoms. The number of nitrogens with zero attached hydrogens (tertiary/aromatic N) is 4. The number of amides is 4. The van der Waals surface area contributed by atoms with E-state index in [0.717, 1.165) is 12.8 Å². The van der Waals surface area contributed by atoms with Crippen LogP contribution >= 0.6 is 0 Å². The Labute approximate surface area is 305 Å². The molecular formula is C36H42FN7O8S. The second kappa shape index (κ2) is 14.5. The molecule has 53 heavy (non-hydrogen) atoms. The fourth-order valence-electron chi connectivity index (χ4n) is 7.05. The average molecular weight is 752 g/mol. The lowest BCUT2D eigenvalue weighted by atomic mass is 10.0. The number of sulfonamides is 1. The van der Waals surface area contributed by atoms with Gasteiger partial charge in [0.2, 0.25) is 27.7 Å². The van der Waals surface area contributed by atoms with Crippen LogP contribution in [-0.4, -0.2) is 87.6 Å². The minimum atomic E-state index is -3.92. The molecule has 1 unspecified atom stereocenters. The van der Waals surface area contributed by atoms with Gasteiger partial charge in [0, 0.05) is 24.8 Å². The van der Waals surface area contributed by atoms with Gasteiger partial charge in [0.1, 0.15) is 40.7 Å². The highest BCUT2D eigenvalue weighted by Crippen LogP contribution is 2.46. The van der Waals surface area contributed by atoms with Crippen LogP contribution in [0.3, 0.4) is 0 Å². The van der Waals surface area contributed by atoms with Crippen molar-refractivity contribution in [2.75, 3.05) is 6.54 Å². The smallest absolute Gasteiger partial charge is 0.274 e. The van der Waals surface area contributed by atoms with Crippen LogP contribution in [0, 0.1) is 18.7 Å². The predicted molar refractivity (Wildman–Crippen MR) is 187 cm³/mol. The molecule has 15 nitrogen and oxygen atoms in total. The van der Waals surface area contributed by atoms with Gasteiger partial charge in [-0.3, -0.25) is 23.9 Å². The number of aryl methyl sites for hydroxylation is 2. The van der Waals surface area contributed by atoms with Gasteiger partial charge in [-0.25, -0.2) is 22.8 Å². The van der Waals surface area contributed by atoms with Gasteiger partial charge in [0.05, 0.1) is 17.3 Å². The van der Waals surface area contributed by atoms with Crippen LogP contribution < -0.4 is 20.1 Å². The van der Waals surface area contributed by atoms with Crippen LogP contribution in [-0.2, 0) is 30.8 Å². The summed E-state index contributed by atoms with van der Waals surface area (Å²) in [4.78, 5) is 65.9.